The molecule has 0 radical (unpaired) electrons. The van der Waals surface area contributed by atoms with Crippen LogP contribution in [0.15, 0.2) is 42.6 Å². The Labute approximate surface area is 116 Å². The molecule has 5 heteroatoms. The predicted octanol–water partition coefficient (Wildman–Crippen LogP) is 2.31. The number of aromatic nitrogens is 1. The molecule has 2 rings (SSSR count). The minimum atomic E-state index is -0.920. The second-order valence-corrected chi connectivity index (χ2v) is 4.23. The van der Waals surface area contributed by atoms with E-state index in [0.717, 1.165) is 11.3 Å². The molecule has 0 unspecified atom stereocenters. The standard InChI is InChI=1S/C15H13N3O2/c16-9-13-4-5-14(10-18-13)17-7-6-11-2-1-3-12(8-11)15(19)20/h1-5,8,10,17H,6-7H2,(H,19,20). The highest BCUT2D eigenvalue weighted by Gasteiger charge is 2.03. The maximum Gasteiger partial charge on any atom is 0.335 e. The van der Waals surface area contributed by atoms with Gasteiger partial charge in [0, 0.05) is 6.54 Å². The summed E-state index contributed by atoms with van der Waals surface area (Å²) in [5.74, 6) is -0.920. The number of hydrogen-bond acceptors (Lipinski definition) is 4. The lowest BCUT2D eigenvalue weighted by atomic mass is 10.1. The van der Waals surface area contributed by atoms with Crippen LogP contribution in [0.1, 0.15) is 21.6 Å². The number of pyridine rings is 1. The first-order valence-corrected chi connectivity index (χ1v) is 6.11. The normalized spacial score (nSPS) is 9.75. The first-order valence-electron chi connectivity index (χ1n) is 6.11. The first-order chi connectivity index (χ1) is 9.69. The molecular formula is C15H13N3O2. The van der Waals surface area contributed by atoms with E-state index in [2.05, 4.69) is 10.3 Å². The minimum absolute atomic E-state index is 0.294. The van der Waals surface area contributed by atoms with E-state index in [0.29, 0.717) is 24.2 Å². The number of carbonyl (C=O) groups is 1. The summed E-state index contributed by atoms with van der Waals surface area (Å²) in [6, 6.07) is 12.3. The van der Waals surface area contributed by atoms with Crippen molar-refractivity contribution in [1.82, 2.24) is 4.98 Å². The maximum absolute atomic E-state index is 10.9. The lowest BCUT2D eigenvalue weighted by Crippen LogP contribution is -2.06. The Hall–Kier alpha value is -2.87. The Morgan fingerprint density at radius 1 is 1.35 bits per heavy atom. The van der Waals surface area contributed by atoms with E-state index in [9.17, 15) is 4.79 Å². The van der Waals surface area contributed by atoms with Crippen molar-refractivity contribution in [3.63, 3.8) is 0 Å². The third-order valence-electron chi connectivity index (χ3n) is 2.79. The average Bonchev–Trinajstić information content (AvgIpc) is 2.48. The zero-order valence-corrected chi connectivity index (χ0v) is 10.7. The molecule has 0 spiro atoms. The van der Waals surface area contributed by atoms with E-state index in [1.807, 2.05) is 12.1 Å². The van der Waals surface area contributed by atoms with Crippen molar-refractivity contribution in [2.75, 3.05) is 11.9 Å². The Morgan fingerprint density at radius 2 is 2.20 bits per heavy atom. The molecule has 20 heavy (non-hydrogen) atoms. The Balaban J connectivity index is 1.90. The molecule has 2 N–H and O–H groups in total. The van der Waals surface area contributed by atoms with Crippen molar-refractivity contribution < 1.29 is 9.90 Å². The van der Waals surface area contributed by atoms with E-state index < -0.39 is 5.97 Å². The molecule has 1 heterocycles. The summed E-state index contributed by atoms with van der Waals surface area (Å²) in [5, 5.41) is 20.7. The van der Waals surface area contributed by atoms with E-state index in [1.54, 1.807) is 36.5 Å². The van der Waals surface area contributed by atoms with Crippen LogP contribution in [-0.2, 0) is 6.42 Å². The number of nitrogens with zero attached hydrogens (tertiary/aromatic N) is 2. The van der Waals surface area contributed by atoms with Crippen molar-refractivity contribution >= 4 is 11.7 Å². The molecule has 0 aliphatic carbocycles. The second kappa shape index (κ2) is 6.34. The number of rotatable bonds is 5. The maximum atomic E-state index is 10.9. The fourth-order valence-corrected chi connectivity index (χ4v) is 1.78. The largest absolute Gasteiger partial charge is 0.478 e. The Bertz CT molecular complexity index is 645. The van der Waals surface area contributed by atoms with Crippen LogP contribution in [0.4, 0.5) is 5.69 Å². The summed E-state index contributed by atoms with van der Waals surface area (Å²) in [5.41, 5.74) is 2.46. The van der Waals surface area contributed by atoms with Gasteiger partial charge in [-0.1, -0.05) is 12.1 Å². The molecule has 0 aliphatic heterocycles. The molecule has 0 saturated heterocycles. The van der Waals surface area contributed by atoms with Gasteiger partial charge in [-0.3, -0.25) is 0 Å². The van der Waals surface area contributed by atoms with Gasteiger partial charge in [-0.05, 0) is 36.2 Å². The minimum Gasteiger partial charge on any atom is -0.478 e. The molecule has 0 atom stereocenters. The number of aromatic carboxylic acids is 1. The summed E-state index contributed by atoms with van der Waals surface area (Å²) in [4.78, 5) is 14.8. The summed E-state index contributed by atoms with van der Waals surface area (Å²) >= 11 is 0. The van der Waals surface area contributed by atoms with Gasteiger partial charge in [0.15, 0.2) is 0 Å². The van der Waals surface area contributed by atoms with E-state index in [-0.39, 0.29) is 0 Å². The third-order valence-corrected chi connectivity index (χ3v) is 2.79. The average molecular weight is 267 g/mol. The van der Waals surface area contributed by atoms with Crippen LogP contribution < -0.4 is 5.32 Å². The van der Waals surface area contributed by atoms with Gasteiger partial charge in [-0.15, -0.1) is 0 Å². The number of hydrogen-bond donors (Lipinski definition) is 2. The molecule has 0 aliphatic rings. The number of nitriles is 1. The molecule has 5 nitrogen and oxygen atoms in total. The van der Waals surface area contributed by atoms with Crippen molar-refractivity contribution in [2.45, 2.75) is 6.42 Å². The predicted molar refractivity (Wildman–Crippen MR) is 74.5 cm³/mol. The lowest BCUT2D eigenvalue weighted by molar-refractivity contribution is 0.0697. The molecular weight excluding hydrogens is 254 g/mol. The summed E-state index contributed by atoms with van der Waals surface area (Å²) in [6.45, 7) is 0.663. The van der Waals surface area contributed by atoms with Crippen LogP contribution >= 0.6 is 0 Å². The zero-order chi connectivity index (χ0) is 14.4. The SMILES string of the molecule is N#Cc1ccc(NCCc2cccc(C(=O)O)c2)cn1. The van der Waals surface area contributed by atoms with Gasteiger partial charge in [0.1, 0.15) is 11.8 Å². The van der Waals surface area contributed by atoms with Gasteiger partial charge in [0.05, 0.1) is 17.4 Å². The van der Waals surface area contributed by atoms with Gasteiger partial charge < -0.3 is 10.4 Å². The van der Waals surface area contributed by atoms with Gasteiger partial charge in [-0.2, -0.15) is 5.26 Å². The van der Waals surface area contributed by atoms with Crippen LogP contribution in [-0.4, -0.2) is 22.6 Å². The van der Waals surface area contributed by atoms with Gasteiger partial charge >= 0.3 is 5.97 Å². The summed E-state index contributed by atoms with van der Waals surface area (Å²) < 4.78 is 0. The van der Waals surface area contributed by atoms with Crippen molar-refractivity contribution in [2.24, 2.45) is 0 Å². The lowest BCUT2D eigenvalue weighted by Gasteiger charge is -2.06. The highest BCUT2D eigenvalue weighted by atomic mass is 16.4. The Morgan fingerprint density at radius 3 is 2.85 bits per heavy atom. The van der Waals surface area contributed by atoms with E-state index >= 15 is 0 Å². The van der Waals surface area contributed by atoms with Crippen LogP contribution in [0.3, 0.4) is 0 Å². The van der Waals surface area contributed by atoms with Crippen LogP contribution in [0, 0.1) is 11.3 Å². The Kier molecular flexibility index (Phi) is 4.30. The van der Waals surface area contributed by atoms with Crippen molar-refractivity contribution in [1.29, 1.82) is 5.26 Å². The molecule has 0 saturated carbocycles. The molecule has 0 fully saturated rings. The smallest absolute Gasteiger partial charge is 0.335 e. The highest BCUT2D eigenvalue weighted by molar-refractivity contribution is 5.87. The molecule has 2 aromatic rings. The quantitative estimate of drug-likeness (QED) is 0.868. The summed E-state index contributed by atoms with van der Waals surface area (Å²) in [6.07, 6.45) is 2.31. The van der Waals surface area contributed by atoms with Gasteiger partial charge in [0.2, 0.25) is 0 Å². The second-order valence-electron chi connectivity index (χ2n) is 4.23. The topological polar surface area (TPSA) is 86.0 Å². The van der Waals surface area contributed by atoms with Crippen molar-refractivity contribution in [3.05, 3.63) is 59.4 Å². The number of carboxylic acids is 1. The first kappa shape index (κ1) is 13.6. The van der Waals surface area contributed by atoms with Crippen LogP contribution in [0.2, 0.25) is 0 Å². The highest BCUT2D eigenvalue weighted by Crippen LogP contribution is 2.08. The summed E-state index contributed by atoms with van der Waals surface area (Å²) in [7, 11) is 0. The molecule has 0 bridgehead atoms. The molecule has 100 valence electrons. The van der Waals surface area contributed by atoms with Crippen molar-refractivity contribution in [3.8, 4) is 6.07 Å². The third kappa shape index (κ3) is 3.56. The molecule has 1 aromatic heterocycles. The van der Waals surface area contributed by atoms with E-state index in [1.165, 1.54) is 0 Å². The monoisotopic (exact) mass is 267 g/mol. The number of carboxylic acid groups (broad SMARTS) is 1. The fourth-order valence-electron chi connectivity index (χ4n) is 1.78. The number of nitrogens with one attached hydrogen (secondary N) is 1. The van der Waals surface area contributed by atoms with Gasteiger partial charge in [0.25, 0.3) is 0 Å². The molecule has 1 aromatic carbocycles. The zero-order valence-electron chi connectivity index (χ0n) is 10.7. The van der Waals surface area contributed by atoms with Crippen LogP contribution in [0.5, 0.6) is 0 Å². The number of benzene rings is 1. The molecule has 0 amide bonds. The van der Waals surface area contributed by atoms with Crippen LogP contribution in [0.25, 0.3) is 0 Å². The van der Waals surface area contributed by atoms with E-state index in [4.69, 9.17) is 10.4 Å². The van der Waals surface area contributed by atoms with Gasteiger partial charge in [-0.25, -0.2) is 9.78 Å². The fraction of sp³-hybridized carbons (Fsp3) is 0.133. The number of anilines is 1.